The van der Waals surface area contributed by atoms with Gasteiger partial charge >= 0.3 is 0 Å². The van der Waals surface area contributed by atoms with Crippen molar-refractivity contribution in [2.24, 2.45) is 0 Å². The molecule has 20 aromatic rings. The highest BCUT2D eigenvalue weighted by molar-refractivity contribution is 9.10. The first-order chi connectivity index (χ1) is 72.1. The van der Waals surface area contributed by atoms with Crippen molar-refractivity contribution in [3.8, 4) is 55.6 Å². The van der Waals surface area contributed by atoms with Gasteiger partial charge in [-0.3, -0.25) is 24.0 Å². The molecule has 5 aromatic carbocycles. The van der Waals surface area contributed by atoms with Gasteiger partial charge in [0.25, 0.3) is 29.5 Å². The quantitative estimate of drug-likeness (QED) is 0.123. The molecule has 0 bridgehead atoms. The lowest BCUT2D eigenvalue weighted by molar-refractivity contribution is 0.0663. The lowest BCUT2D eigenvalue weighted by Gasteiger charge is -2.36. The maximum Gasteiger partial charge on any atom is 0.274 e. The normalized spacial score (nSPS) is 16.1. The minimum absolute atomic E-state index is 0.0171. The van der Waals surface area contributed by atoms with Crippen LogP contribution in [0.1, 0.15) is 230 Å². The van der Waals surface area contributed by atoms with Gasteiger partial charge in [-0.2, -0.15) is 25.5 Å². The zero-order valence-corrected chi connectivity index (χ0v) is 90.5. The molecule has 0 saturated heterocycles. The van der Waals surface area contributed by atoms with Crippen molar-refractivity contribution < 1.29 is 46.6 Å². The monoisotopic (exact) mass is 2190 g/mol. The van der Waals surface area contributed by atoms with Gasteiger partial charge in [-0.25, -0.2) is 22.6 Å². The molecule has 5 unspecified atom stereocenters. The van der Waals surface area contributed by atoms with Gasteiger partial charge in [0.1, 0.15) is 28.8 Å². The minimum Gasteiger partial charge on any atom is -0.361 e. The number of fused-ring (bicyclic) bond motifs is 10. The van der Waals surface area contributed by atoms with Crippen molar-refractivity contribution in [2.45, 2.75) is 166 Å². The Balaban J connectivity index is 0.000000109. The predicted octanol–water partition coefficient (Wildman–Crippen LogP) is 25.3. The van der Waals surface area contributed by atoms with Crippen molar-refractivity contribution in [1.82, 2.24) is 98.4 Å². The van der Waals surface area contributed by atoms with Crippen LogP contribution >= 0.6 is 66.7 Å². The topological polar surface area (TPSA) is 318 Å². The molecule has 30 nitrogen and oxygen atoms in total. The molecule has 5 aliphatic rings. The van der Waals surface area contributed by atoms with Crippen molar-refractivity contribution in [1.29, 1.82) is 0 Å². The summed E-state index contributed by atoms with van der Waals surface area (Å²) in [5.41, 5.74) is 33.9. The third-order valence-electron chi connectivity index (χ3n) is 29.6. The maximum atomic E-state index is 13.3. The van der Waals surface area contributed by atoms with E-state index >= 15 is 0 Å². The first-order valence-electron chi connectivity index (χ1n) is 49.7. The predicted molar refractivity (Wildman–Crippen MR) is 579 cm³/mol. The molecule has 0 N–H and O–H groups in total. The van der Waals surface area contributed by atoms with Gasteiger partial charge in [-0.1, -0.05) is 146 Å². The molecule has 5 amide bonds. The molecule has 0 fully saturated rings. The summed E-state index contributed by atoms with van der Waals surface area (Å²) in [5.74, 6) is 3.78. The van der Waals surface area contributed by atoms with Gasteiger partial charge in [-0.15, -0.1) is 0 Å². The Labute approximate surface area is 895 Å². The highest BCUT2D eigenvalue weighted by atomic mass is 79.9. The lowest BCUT2D eigenvalue weighted by atomic mass is 9.86. The number of aryl methyl sites for hydroxylation is 10. The van der Waals surface area contributed by atoms with Gasteiger partial charge in [0.05, 0.1) is 101 Å². The average molecular weight is 2190 g/mol. The fourth-order valence-corrected chi connectivity index (χ4v) is 23.1. The molecule has 5 aliphatic heterocycles. The molecular formula is C115H105Br2Cl3N20O10. The number of halogens is 5. The minimum atomic E-state index is -0.0734. The third kappa shape index (κ3) is 19.2. The van der Waals surface area contributed by atoms with E-state index in [0.29, 0.717) is 76.3 Å². The molecule has 0 saturated carbocycles. The van der Waals surface area contributed by atoms with Gasteiger partial charge in [0, 0.05) is 100 Å². The molecule has 0 radical (unpaired) electrons. The zero-order chi connectivity index (χ0) is 105. The highest BCUT2D eigenvalue weighted by Crippen LogP contribution is 2.45. The van der Waals surface area contributed by atoms with E-state index in [1.54, 1.807) is 77.6 Å². The van der Waals surface area contributed by atoms with E-state index in [1.165, 1.54) is 38.9 Å². The Kier molecular flexibility index (Phi) is 27.5. The van der Waals surface area contributed by atoms with Crippen LogP contribution in [0.2, 0.25) is 15.1 Å². The number of aromatic nitrogens is 15. The smallest absolute Gasteiger partial charge is 0.274 e. The van der Waals surface area contributed by atoms with Crippen molar-refractivity contribution >= 4 is 124 Å². The molecule has 150 heavy (non-hydrogen) atoms. The summed E-state index contributed by atoms with van der Waals surface area (Å²) in [7, 11) is 0. The number of rotatable bonds is 10. The summed E-state index contributed by atoms with van der Waals surface area (Å²) in [6.07, 6.45) is 12.8. The van der Waals surface area contributed by atoms with Gasteiger partial charge < -0.3 is 47.1 Å². The second kappa shape index (κ2) is 41.0. The zero-order valence-electron chi connectivity index (χ0n) is 85.1. The summed E-state index contributed by atoms with van der Waals surface area (Å²) in [6.45, 7) is 33.1. The van der Waals surface area contributed by atoms with E-state index in [9.17, 15) is 24.0 Å². The van der Waals surface area contributed by atoms with E-state index in [4.69, 9.17) is 57.4 Å². The standard InChI is InChI=1S/2C23H21BrN4O2.3C23H21ClN4O2/c1-13-22(15(3)30-26-13)17-4-7-20-14(2)27(9-8-16(20)10-17)23(29)21-11-19-6-5-18(24)12-28(19)25-21;1-13-22(15(3)30-26-13)20-6-4-5-18-14(2)27(10-9-19(18)20)23(29)21-11-17-8-7-16(24)12-28(17)25-21;1-13-22(15(3)30-26-13)17-4-7-20-14(2)27(9-8-16(20)10-17)23(29)21-11-19-6-5-18(24)12-28(19)25-21;1-13-22(15(3)30-26-13)17-5-4-16-8-9-27(14(2)20(16)10-17)23(29)21-11-19-7-6-18(24)12-28(19)25-21;1-13-22(15(3)30-26-13)20-6-4-5-18-14(2)27(10-9-19(18)20)23(29)21-11-17-8-7-16(24)12-28(17)25-21/h4-7,10-12,14H,8-9H2,1-3H3;4-8,11-12,14H,9-10H2,1-3H3;2*4-7,10-12,14H,8-9H2,1-3H3;4-8,11-12,14H,9-10H2,1-3H3. The first-order valence-corrected chi connectivity index (χ1v) is 52.4. The summed E-state index contributed by atoms with van der Waals surface area (Å²) < 4.78 is 37.0. The number of pyridine rings is 5. The highest BCUT2D eigenvalue weighted by Gasteiger charge is 2.39. The van der Waals surface area contributed by atoms with Crippen LogP contribution in [0.15, 0.2) is 245 Å². The van der Waals surface area contributed by atoms with Crippen LogP contribution in [0.25, 0.3) is 83.2 Å². The van der Waals surface area contributed by atoms with Gasteiger partial charge in [0.2, 0.25) is 0 Å². The number of nitrogens with zero attached hydrogens (tertiary/aromatic N) is 20. The fourth-order valence-electron chi connectivity index (χ4n) is 22.0. The van der Waals surface area contributed by atoms with Crippen molar-refractivity contribution in [3.63, 3.8) is 0 Å². The largest absolute Gasteiger partial charge is 0.361 e. The second-order valence-electron chi connectivity index (χ2n) is 38.8. The summed E-state index contributed by atoms with van der Waals surface area (Å²) in [4.78, 5) is 75.8. The van der Waals surface area contributed by atoms with Crippen LogP contribution in [-0.4, -0.2) is 161 Å². The van der Waals surface area contributed by atoms with Crippen molar-refractivity contribution in [2.75, 3.05) is 32.7 Å². The van der Waals surface area contributed by atoms with E-state index in [-0.39, 0.29) is 59.7 Å². The molecule has 0 aliphatic carbocycles. The first kappa shape index (κ1) is 101. The molecule has 15 aromatic heterocycles. The Morgan fingerprint density at radius 3 is 0.860 bits per heavy atom. The Hall–Kier alpha value is -15.2. The molecule has 25 rings (SSSR count). The number of carbonyl (C=O) groups is 5. The van der Waals surface area contributed by atoms with E-state index < -0.39 is 0 Å². The van der Waals surface area contributed by atoms with E-state index in [1.807, 2.05) is 173 Å². The maximum absolute atomic E-state index is 13.3. The molecule has 5 atom stereocenters. The average Bonchev–Trinajstić information content (AvgIpc) is 1.50. The number of carbonyl (C=O) groups excluding carboxylic acids is 5. The van der Waals surface area contributed by atoms with Crippen LogP contribution in [0.4, 0.5) is 0 Å². The summed E-state index contributed by atoms with van der Waals surface area (Å²) in [6, 6.07) is 59.4. The van der Waals surface area contributed by atoms with Crippen LogP contribution in [0.5, 0.6) is 0 Å². The second-order valence-corrected chi connectivity index (χ2v) is 42.0. The van der Waals surface area contributed by atoms with Crippen LogP contribution < -0.4 is 0 Å². The fraction of sp³-hybridized carbons (Fsp3) is 0.261. The van der Waals surface area contributed by atoms with Gasteiger partial charge in [-0.05, 0) is 348 Å². The summed E-state index contributed by atoms with van der Waals surface area (Å²) in [5, 5.41) is 44.5. The Morgan fingerprint density at radius 1 is 0.280 bits per heavy atom. The number of hydrogen-bond acceptors (Lipinski definition) is 20. The van der Waals surface area contributed by atoms with Crippen LogP contribution in [0, 0.1) is 69.2 Å². The molecule has 0 spiro atoms. The van der Waals surface area contributed by atoms with Gasteiger partial charge in [0.15, 0.2) is 28.5 Å². The number of amides is 5. The van der Waals surface area contributed by atoms with E-state index in [2.05, 4.69) is 197 Å². The molecule has 760 valence electrons. The lowest BCUT2D eigenvalue weighted by Crippen LogP contribution is -2.39. The Bertz CT molecular complexity index is 8140. The van der Waals surface area contributed by atoms with Crippen LogP contribution in [0.3, 0.4) is 0 Å². The van der Waals surface area contributed by atoms with E-state index in [0.717, 1.165) is 198 Å². The number of benzene rings is 5. The van der Waals surface area contributed by atoms with Crippen LogP contribution in [-0.2, 0) is 32.1 Å². The van der Waals surface area contributed by atoms with Crippen molar-refractivity contribution in [3.05, 3.63) is 378 Å². The SMILES string of the molecule is Cc1noc(C)c1-c1ccc2c(c1)C(C)N(C(=O)c1cc3ccc(Cl)cn3n1)CC2.Cc1noc(C)c1-c1ccc2c(c1)CCN(C(=O)c1cc3ccc(Br)cn3n1)C2C.Cc1noc(C)c1-c1ccc2c(c1)CCN(C(=O)c1cc3ccc(Cl)cn3n1)C2C.Cc1noc(C)c1-c1cccc2c1CCN(C(=O)c1cc3ccc(Br)cn3n1)C2C.Cc1noc(C)c1-c1cccc2c1CCN(C(=O)c1cc3ccc(Cl)cn3n1)C2C. The summed E-state index contributed by atoms with van der Waals surface area (Å²) >= 11 is 25.0. The number of hydrogen-bond donors (Lipinski definition) is 0. The Morgan fingerprint density at radius 2 is 0.547 bits per heavy atom. The molecule has 20 heterocycles. The molecular weight excluding hydrogens is 2090 g/mol. The molecule has 35 heteroatoms. The third-order valence-corrected chi connectivity index (χ3v) is 31.2.